The maximum Gasteiger partial charge on any atom is 0.224 e. The van der Waals surface area contributed by atoms with Crippen LogP contribution in [-0.2, 0) is 14.8 Å². The van der Waals surface area contributed by atoms with Gasteiger partial charge in [0.1, 0.15) is 6.17 Å². The van der Waals surface area contributed by atoms with Crippen LogP contribution >= 0.6 is 0 Å². The zero-order valence-corrected chi connectivity index (χ0v) is 17.9. The lowest BCUT2D eigenvalue weighted by Gasteiger charge is -2.37. The molecule has 28 heavy (non-hydrogen) atoms. The largest absolute Gasteiger partial charge is 0.341 e. The van der Waals surface area contributed by atoms with Crippen LogP contribution in [0, 0.1) is 5.92 Å². The number of alkyl halides is 1. The van der Waals surface area contributed by atoms with E-state index in [9.17, 15) is 17.6 Å². The molecule has 0 aromatic rings. The molecule has 2 aliphatic carbocycles. The van der Waals surface area contributed by atoms with Gasteiger partial charge in [0.25, 0.3) is 0 Å². The summed E-state index contributed by atoms with van der Waals surface area (Å²) in [6.07, 6.45) is 7.79. The molecule has 0 radical (unpaired) electrons. The van der Waals surface area contributed by atoms with Crippen molar-refractivity contribution in [3.05, 3.63) is 0 Å². The number of hydrogen-bond acceptors (Lipinski definition) is 4. The van der Waals surface area contributed by atoms with Crippen LogP contribution in [0.5, 0.6) is 0 Å². The molecule has 3 rings (SSSR count). The third-order valence-corrected chi connectivity index (χ3v) is 9.19. The van der Waals surface area contributed by atoms with Gasteiger partial charge in [-0.25, -0.2) is 12.8 Å². The molecular formula is C20H36FN3O3S. The topological polar surface area (TPSA) is 78.5 Å². The quantitative estimate of drug-likeness (QED) is 0.697. The maximum atomic E-state index is 13.4. The second-order valence-electron chi connectivity index (χ2n) is 8.67. The summed E-state index contributed by atoms with van der Waals surface area (Å²) in [5.41, 5.74) is 0. The van der Waals surface area contributed by atoms with Gasteiger partial charge in [-0.15, -0.1) is 0 Å². The number of piperidine rings is 1. The summed E-state index contributed by atoms with van der Waals surface area (Å²) in [6.45, 7) is 2.70. The Bertz CT molecular complexity index is 616. The van der Waals surface area contributed by atoms with E-state index in [1.165, 1.54) is 6.42 Å². The van der Waals surface area contributed by atoms with E-state index < -0.39 is 21.4 Å². The summed E-state index contributed by atoms with van der Waals surface area (Å²) in [6, 6.07) is 0.123. The van der Waals surface area contributed by atoms with Crippen molar-refractivity contribution in [1.82, 2.24) is 14.9 Å². The van der Waals surface area contributed by atoms with Crippen molar-refractivity contribution >= 4 is 15.9 Å². The van der Waals surface area contributed by atoms with Gasteiger partial charge < -0.3 is 5.32 Å². The molecule has 0 spiro atoms. The smallest absolute Gasteiger partial charge is 0.224 e. The molecule has 1 amide bonds. The normalized spacial score (nSPS) is 33.0. The van der Waals surface area contributed by atoms with Gasteiger partial charge in [-0.3, -0.25) is 10.1 Å². The van der Waals surface area contributed by atoms with Gasteiger partial charge in [0.05, 0.1) is 11.4 Å². The Morgan fingerprint density at radius 2 is 1.82 bits per heavy atom. The van der Waals surface area contributed by atoms with Gasteiger partial charge in [-0.05, 0) is 44.9 Å². The van der Waals surface area contributed by atoms with Gasteiger partial charge in [0.15, 0.2) is 0 Å². The molecule has 4 atom stereocenters. The van der Waals surface area contributed by atoms with Gasteiger partial charge in [0.2, 0.25) is 15.9 Å². The standard InChI is InChI=1S/C20H36FN3O3S/c1-2-24(17-8-4-3-5-9-17)28(26,27)18-10-6-7-15(13-18)20(25)23-19-12-11-16(21)14-22-19/h15-19,22H,2-14H2,1H3,(H,23,25). The highest BCUT2D eigenvalue weighted by Crippen LogP contribution is 2.33. The molecular weight excluding hydrogens is 381 g/mol. The number of sulfonamides is 1. The van der Waals surface area contributed by atoms with E-state index in [4.69, 9.17) is 0 Å². The van der Waals surface area contributed by atoms with Crippen LogP contribution < -0.4 is 10.6 Å². The Balaban J connectivity index is 1.60. The van der Waals surface area contributed by atoms with E-state index in [0.29, 0.717) is 32.2 Å². The van der Waals surface area contributed by atoms with Gasteiger partial charge >= 0.3 is 0 Å². The SMILES string of the molecule is CCN(C1CCCCC1)S(=O)(=O)C1CCCC(C(=O)NC2CCC(F)CN2)C1. The Kier molecular flexibility index (Phi) is 7.73. The minimum absolute atomic E-state index is 0.0876. The van der Waals surface area contributed by atoms with Crippen molar-refractivity contribution in [1.29, 1.82) is 0 Å². The van der Waals surface area contributed by atoms with Crippen molar-refractivity contribution in [2.45, 2.75) is 101 Å². The summed E-state index contributed by atoms with van der Waals surface area (Å²) >= 11 is 0. The Morgan fingerprint density at radius 1 is 1.07 bits per heavy atom. The third-order valence-electron chi connectivity index (χ3n) is 6.71. The molecule has 0 aromatic carbocycles. The molecule has 8 heteroatoms. The summed E-state index contributed by atoms with van der Waals surface area (Å²) in [4.78, 5) is 12.7. The Labute approximate surface area is 169 Å². The molecule has 1 saturated heterocycles. The molecule has 3 aliphatic rings. The minimum atomic E-state index is -3.39. The van der Waals surface area contributed by atoms with Crippen LogP contribution in [0.2, 0.25) is 0 Å². The fraction of sp³-hybridized carbons (Fsp3) is 0.950. The fourth-order valence-electron chi connectivity index (χ4n) is 5.09. The number of amides is 1. The minimum Gasteiger partial charge on any atom is -0.341 e. The predicted molar refractivity (Wildman–Crippen MR) is 108 cm³/mol. The number of halogens is 1. The molecule has 0 bridgehead atoms. The molecule has 4 unspecified atom stereocenters. The third kappa shape index (κ3) is 5.25. The van der Waals surface area contributed by atoms with Crippen LogP contribution in [0.15, 0.2) is 0 Å². The van der Waals surface area contributed by atoms with E-state index in [1.807, 2.05) is 6.92 Å². The first kappa shape index (κ1) is 22.0. The first-order chi connectivity index (χ1) is 13.4. The highest BCUT2D eigenvalue weighted by atomic mass is 32.2. The second-order valence-corrected chi connectivity index (χ2v) is 10.8. The fourth-order valence-corrected chi connectivity index (χ4v) is 7.40. The monoisotopic (exact) mass is 417 g/mol. The average molecular weight is 418 g/mol. The summed E-state index contributed by atoms with van der Waals surface area (Å²) in [5, 5.41) is 5.52. The molecule has 162 valence electrons. The number of carbonyl (C=O) groups excluding carboxylic acids is 1. The lowest BCUT2D eigenvalue weighted by molar-refractivity contribution is -0.127. The summed E-state index contributed by atoms with van der Waals surface area (Å²) in [5.74, 6) is -0.362. The van der Waals surface area contributed by atoms with Crippen LogP contribution in [0.1, 0.15) is 77.6 Å². The lowest BCUT2D eigenvalue weighted by atomic mass is 9.88. The Morgan fingerprint density at radius 3 is 2.46 bits per heavy atom. The first-order valence-electron chi connectivity index (χ1n) is 11.1. The zero-order valence-electron chi connectivity index (χ0n) is 17.0. The van der Waals surface area contributed by atoms with E-state index in [0.717, 1.165) is 38.5 Å². The number of carbonyl (C=O) groups is 1. The summed E-state index contributed by atoms with van der Waals surface area (Å²) < 4.78 is 41.7. The predicted octanol–water partition coefficient (Wildman–Crippen LogP) is 2.69. The molecule has 2 saturated carbocycles. The zero-order chi connectivity index (χ0) is 20.1. The van der Waals surface area contributed by atoms with Gasteiger partial charge in [0, 0.05) is 25.0 Å². The first-order valence-corrected chi connectivity index (χ1v) is 12.6. The molecule has 1 aliphatic heterocycles. The van der Waals surface area contributed by atoms with Gasteiger partial charge in [-0.1, -0.05) is 32.6 Å². The van der Waals surface area contributed by atoms with Crippen molar-refractivity contribution in [2.24, 2.45) is 5.92 Å². The van der Waals surface area contributed by atoms with E-state index in [-0.39, 0.29) is 30.6 Å². The van der Waals surface area contributed by atoms with Crippen LogP contribution in [0.3, 0.4) is 0 Å². The lowest BCUT2D eigenvalue weighted by Crippen LogP contribution is -2.53. The molecule has 3 fully saturated rings. The highest BCUT2D eigenvalue weighted by Gasteiger charge is 2.40. The van der Waals surface area contributed by atoms with Gasteiger partial charge in [-0.2, -0.15) is 4.31 Å². The number of nitrogens with one attached hydrogen (secondary N) is 2. The van der Waals surface area contributed by atoms with Crippen molar-refractivity contribution in [2.75, 3.05) is 13.1 Å². The van der Waals surface area contributed by atoms with Crippen LogP contribution in [0.25, 0.3) is 0 Å². The van der Waals surface area contributed by atoms with Crippen molar-refractivity contribution < 1.29 is 17.6 Å². The van der Waals surface area contributed by atoms with E-state index in [1.54, 1.807) is 4.31 Å². The van der Waals surface area contributed by atoms with Crippen LogP contribution in [0.4, 0.5) is 4.39 Å². The molecule has 0 aromatic heterocycles. The van der Waals surface area contributed by atoms with E-state index in [2.05, 4.69) is 10.6 Å². The van der Waals surface area contributed by atoms with E-state index >= 15 is 0 Å². The number of nitrogens with zero attached hydrogens (tertiary/aromatic N) is 1. The molecule has 6 nitrogen and oxygen atoms in total. The Hall–Kier alpha value is -0.730. The molecule has 1 heterocycles. The van der Waals surface area contributed by atoms with Crippen LogP contribution in [-0.4, -0.2) is 55.3 Å². The number of hydrogen-bond donors (Lipinski definition) is 2. The average Bonchev–Trinajstić information content (AvgIpc) is 2.71. The molecule has 2 N–H and O–H groups in total. The van der Waals surface area contributed by atoms with Crippen molar-refractivity contribution in [3.8, 4) is 0 Å². The maximum absolute atomic E-state index is 13.4. The second kappa shape index (κ2) is 9.85. The van der Waals surface area contributed by atoms with Crippen molar-refractivity contribution in [3.63, 3.8) is 0 Å². The highest BCUT2D eigenvalue weighted by molar-refractivity contribution is 7.89. The summed E-state index contributed by atoms with van der Waals surface area (Å²) in [7, 11) is -3.39. The number of rotatable bonds is 6.